The summed E-state index contributed by atoms with van der Waals surface area (Å²) in [6, 6.07) is 0. The number of allylic oxidation sites excluding steroid dienone is 1. The minimum absolute atomic E-state index is 0.00149. The van der Waals surface area contributed by atoms with Gasteiger partial charge in [0.15, 0.2) is 0 Å². The molecule has 9 N–H and O–H groups in total. The van der Waals surface area contributed by atoms with Gasteiger partial charge in [-0.05, 0) is 134 Å². The molecule has 6 aliphatic rings. The molecule has 0 spiro atoms. The Labute approximate surface area is 328 Å². The number of hydrogen-bond donors (Lipinski definition) is 8. The first-order valence-electron chi connectivity index (χ1n) is 21.6. The lowest BCUT2D eigenvalue weighted by molar-refractivity contribution is -0.296. The Morgan fingerprint density at radius 1 is 1.09 bits per heavy atom. The third kappa shape index (κ3) is 9.53. The first kappa shape index (κ1) is 43.1. The van der Waals surface area contributed by atoms with Gasteiger partial charge >= 0.3 is 5.97 Å². The number of aliphatic hydroxyl groups excluding tert-OH is 4. The number of rotatable bonds is 13. The van der Waals surface area contributed by atoms with E-state index in [1.165, 1.54) is 0 Å². The van der Waals surface area contributed by atoms with Crippen molar-refractivity contribution in [1.82, 2.24) is 16.0 Å². The summed E-state index contributed by atoms with van der Waals surface area (Å²) in [7, 11) is 0. The lowest BCUT2D eigenvalue weighted by atomic mass is 9.53. The molecule has 0 aromatic rings. The first-order valence-corrected chi connectivity index (χ1v) is 21.6. The zero-order valence-electron chi connectivity index (χ0n) is 33.7. The molecule has 0 amide bonds. The number of esters is 1. The van der Waals surface area contributed by atoms with E-state index in [1.807, 2.05) is 6.92 Å². The van der Waals surface area contributed by atoms with E-state index in [1.54, 1.807) is 19.9 Å². The van der Waals surface area contributed by atoms with Gasteiger partial charge in [-0.15, -0.1) is 0 Å². The number of carbonyl (C=O) groups excluding carboxylic acids is 2. The summed E-state index contributed by atoms with van der Waals surface area (Å²) in [5.74, 6) is -2.37. The van der Waals surface area contributed by atoms with Crippen LogP contribution in [-0.4, -0.2) is 120 Å². The van der Waals surface area contributed by atoms with Gasteiger partial charge in [0.25, 0.3) is 0 Å². The third-order valence-electron chi connectivity index (χ3n) is 14.8. The quantitative estimate of drug-likeness (QED) is 0.0999. The molecule has 2 saturated carbocycles. The average molecular weight is 777 g/mol. The molecular weight excluding hydrogens is 704 g/mol. The zero-order chi connectivity index (χ0) is 39.4. The maximum Gasteiger partial charge on any atom is 0.333 e. The summed E-state index contributed by atoms with van der Waals surface area (Å²) in [6.07, 6.45) is 5.87. The Bertz CT molecular complexity index is 1310. The molecule has 6 fully saturated rings. The van der Waals surface area contributed by atoms with E-state index in [0.29, 0.717) is 49.9 Å². The number of ether oxygens (including phenoxy) is 3. The van der Waals surface area contributed by atoms with Crippen LogP contribution in [0.5, 0.6) is 0 Å². The van der Waals surface area contributed by atoms with E-state index >= 15 is 0 Å². The molecule has 17 unspecified atom stereocenters. The van der Waals surface area contributed by atoms with Gasteiger partial charge in [0.2, 0.25) is 0 Å². The summed E-state index contributed by atoms with van der Waals surface area (Å²) >= 11 is 0. The summed E-state index contributed by atoms with van der Waals surface area (Å²) in [5.41, 5.74) is 6.17. The van der Waals surface area contributed by atoms with E-state index in [2.05, 4.69) is 22.9 Å². The lowest BCUT2D eigenvalue weighted by Gasteiger charge is -2.61. The third-order valence-corrected chi connectivity index (χ3v) is 14.8. The van der Waals surface area contributed by atoms with Gasteiger partial charge in [-0.1, -0.05) is 19.4 Å². The number of hydrogen-bond acceptors (Lipinski definition) is 13. The van der Waals surface area contributed by atoms with Crippen LogP contribution in [0.1, 0.15) is 105 Å². The Morgan fingerprint density at radius 3 is 2.55 bits per heavy atom. The van der Waals surface area contributed by atoms with Gasteiger partial charge in [-0.25, -0.2) is 4.79 Å². The molecule has 6 rings (SSSR count). The zero-order valence-corrected chi connectivity index (χ0v) is 33.7. The van der Waals surface area contributed by atoms with Crippen LogP contribution in [0.25, 0.3) is 0 Å². The molecule has 13 heteroatoms. The highest BCUT2D eigenvalue weighted by Gasteiger charge is 2.64. The summed E-state index contributed by atoms with van der Waals surface area (Å²) in [6.45, 7) is 9.75. The average Bonchev–Trinajstić information content (AvgIpc) is 3.17. The standard InChI is InChI=1S/C42H72N4O9/c1-5-23(3)41(52)54-32-19-29-38(51)36-31(50)18-28(21-47)53-40(36)37(39(29)55-42(32,4)14-12-24-10-11-34(44-6-2)46-20-24)35(26-13-15-45-33(43)17-26)30(22-48)25-8-7-9-27(49)16-25/h5,24-30,32-40,44-49,51H,6-22,43H2,1-4H3. The van der Waals surface area contributed by atoms with E-state index < -0.39 is 65.9 Å². The molecule has 17 atom stereocenters. The van der Waals surface area contributed by atoms with Crippen molar-refractivity contribution in [2.24, 2.45) is 53.1 Å². The smallest absolute Gasteiger partial charge is 0.333 e. The summed E-state index contributed by atoms with van der Waals surface area (Å²) in [5, 5.41) is 55.5. The fraction of sp³-hybridized carbons (Fsp3) is 0.905. The number of ketones is 1. The Balaban J connectivity index is 1.41. The van der Waals surface area contributed by atoms with Crippen LogP contribution in [-0.2, 0) is 23.8 Å². The number of nitrogens with two attached hydrogens (primary N) is 1. The van der Waals surface area contributed by atoms with Crippen LogP contribution in [0.4, 0.5) is 0 Å². The van der Waals surface area contributed by atoms with Gasteiger partial charge in [0.05, 0.1) is 55.4 Å². The second kappa shape index (κ2) is 19.0. The van der Waals surface area contributed by atoms with Gasteiger partial charge in [-0.3, -0.25) is 4.79 Å². The van der Waals surface area contributed by atoms with E-state index in [-0.39, 0.29) is 55.3 Å². The largest absolute Gasteiger partial charge is 0.456 e. The SMILES string of the molecule is CC=C(C)C(=O)OC1CC2C(O)C3C(=O)CC(CO)OC3C(C(C3CCNC(N)C3)C(CO)C3CCCC(O)C3)C2OC1(C)CCC1CCC(NCC)NC1. The van der Waals surface area contributed by atoms with Gasteiger partial charge < -0.3 is 56.3 Å². The monoisotopic (exact) mass is 777 g/mol. The van der Waals surface area contributed by atoms with Crippen LogP contribution in [0.2, 0.25) is 0 Å². The Kier molecular flexibility index (Phi) is 14.9. The molecule has 314 valence electrons. The molecule has 0 radical (unpaired) electrons. The number of nitrogens with one attached hydrogen (secondary N) is 3. The van der Waals surface area contributed by atoms with Crippen molar-refractivity contribution >= 4 is 11.8 Å². The van der Waals surface area contributed by atoms with Crippen LogP contribution in [0, 0.1) is 47.3 Å². The molecular formula is C42H72N4O9. The minimum atomic E-state index is -1.11. The molecule has 55 heavy (non-hydrogen) atoms. The van der Waals surface area contributed by atoms with Crippen LogP contribution in [0.3, 0.4) is 0 Å². The van der Waals surface area contributed by atoms with Crippen LogP contribution >= 0.6 is 0 Å². The number of fused-ring (bicyclic) bond motifs is 2. The normalized spacial score (nSPS) is 43.9. The second-order valence-corrected chi connectivity index (χ2v) is 18.2. The highest BCUT2D eigenvalue weighted by atomic mass is 16.6. The highest BCUT2D eigenvalue weighted by molar-refractivity contribution is 5.87. The molecule has 4 aliphatic heterocycles. The number of carbonyl (C=O) groups is 2. The van der Waals surface area contributed by atoms with Gasteiger partial charge in [0.1, 0.15) is 17.5 Å². The summed E-state index contributed by atoms with van der Waals surface area (Å²) in [4.78, 5) is 27.6. The van der Waals surface area contributed by atoms with Crippen LogP contribution in [0.15, 0.2) is 11.6 Å². The maximum atomic E-state index is 14.1. The molecule has 0 bridgehead atoms. The topological polar surface area (TPSA) is 205 Å². The predicted molar refractivity (Wildman–Crippen MR) is 207 cm³/mol. The van der Waals surface area contributed by atoms with E-state index in [0.717, 1.165) is 58.0 Å². The van der Waals surface area contributed by atoms with E-state index in [4.69, 9.17) is 19.9 Å². The fourth-order valence-electron chi connectivity index (χ4n) is 11.7. The predicted octanol–water partition coefficient (Wildman–Crippen LogP) is 2.13. The van der Waals surface area contributed by atoms with E-state index in [9.17, 15) is 30.0 Å². The van der Waals surface area contributed by atoms with Gasteiger partial charge in [-0.2, -0.15) is 0 Å². The fourth-order valence-corrected chi connectivity index (χ4v) is 11.7. The Hall–Kier alpha value is -1.52. The molecule has 0 aromatic carbocycles. The summed E-state index contributed by atoms with van der Waals surface area (Å²) < 4.78 is 20.5. The van der Waals surface area contributed by atoms with Crippen molar-refractivity contribution in [1.29, 1.82) is 0 Å². The lowest BCUT2D eigenvalue weighted by Crippen LogP contribution is -2.70. The second-order valence-electron chi connectivity index (χ2n) is 18.2. The highest BCUT2D eigenvalue weighted by Crippen LogP contribution is 2.56. The number of aliphatic hydroxyl groups is 4. The minimum Gasteiger partial charge on any atom is -0.456 e. The van der Waals surface area contributed by atoms with Gasteiger partial charge in [0, 0.05) is 30.4 Å². The Morgan fingerprint density at radius 2 is 1.89 bits per heavy atom. The van der Waals surface area contributed by atoms with Crippen molar-refractivity contribution in [2.75, 3.05) is 32.8 Å². The number of Topliss-reactive ketones (excluding diaryl/α,β-unsaturated/α-hetero) is 1. The molecule has 13 nitrogen and oxygen atoms in total. The number of piperidine rings is 2. The first-order chi connectivity index (χ1) is 26.4. The van der Waals surface area contributed by atoms with Crippen molar-refractivity contribution < 1.29 is 44.2 Å². The van der Waals surface area contributed by atoms with Crippen molar-refractivity contribution in [2.45, 2.75) is 159 Å². The van der Waals surface area contributed by atoms with Crippen LogP contribution < -0.4 is 21.7 Å². The van der Waals surface area contributed by atoms with Crippen molar-refractivity contribution in [3.63, 3.8) is 0 Å². The van der Waals surface area contributed by atoms with Crippen molar-refractivity contribution in [3.8, 4) is 0 Å². The molecule has 2 aliphatic carbocycles. The van der Waals surface area contributed by atoms with Crippen molar-refractivity contribution in [3.05, 3.63) is 11.6 Å². The molecule has 0 aromatic heterocycles. The molecule has 4 saturated heterocycles. The maximum absolute atomic E-state index is 14.1. The molecule has 4 heterocycles.